The second kappa shape index (κ2) is 5.43. The number of carbonyl (C=O) groups excluding carboxylic acids is 1. The number of benzene rings is 1. The van der Waals surface area contributed by atoms with Crippen molar-refractivity contribution in [2.45, 2.75) is 0 Å². The summed E-state index contributed by atoms with van der Waals surface area (Å²) in [6.45, 7) is -0.00862. The summed E-state index contributed by atoms with van der Waals surface area (Å²) in [5.41, 5.74) is 8.58. The molecule has 1 aromatic rings. The lowest BCUT2D eigenvalue weighted by Gasteiger charge is -1.95. The van der Waals surface area contributed by atoms with Gasteiger partial charge in [0.2, 0.25) is 0 Å². The van der Waals surface area contributed by atoms with Crippen LogP contribution >= 0.6 is 0 Å². The highest BCUT2D eigenvalue weighted by Gasteiger charge is 1.99. The average Bonchev–Trinajstić information content (AvgIpc) is 2.25. The lowest BCUT2D eigenvalue weighted by Crippen LogP contribution is -1.88. The zero-order chi connectivity index (χ0) is 11.1. The molecule has 0 unspecified atom stereocenters. The minimum absolute atomic E-state index is 0.00862. The number of aldehydes is 1. The summed E-state index contributed by atoms with van der Waals surface area (Å²) < 4.78 is 12.8. The van der Waals surface area contributed by atoms with Gasteiger partial charge < -0.3 is 0 Å². The van der Waals surface area contributed by atoms with E-state index in [2.05, 4.69) is 21.9 Å². The van der Waals surface area contributed by atoms with Crippen LogP contribution in [0.3, 0.4) is 0 Å². The van der Waals surface area contributed by atoms with Crippen LogP contribution in [0, 0.1) is 17.7 Å². The van der Waals surface area contributed by atoms with Crippen molar-refractivity contribution < 1.29 is 9.18 Å². The molecule has 15 heavy (non-hydrogen) atoms. The molecule has 0 radical (unpaired) electrons. The van der Waals surface area contributed by atoms with E-state index in [1.807, 2.05) is 0 Å². The Balaban J connectivity index is 2.99. The molecule has 0 aliphatic heterocycles. The maximum Gasteiger partial charge on any atom is 0.151 e. The van der Waals surface area contributed by atoms with E-state index in [-0.39, 0.29) is 12.1 Å². The molecule has 5 heteroatoms. The predicted molar refractivity (Wildman–Crippen MR) is 52.7 cm³/mol. The van der Waals surface area contributed by atoms with Crippen molar-refractivity contribution in [1.82, 2.24) is 0 Å². The Labute approximate surface area is 85.4 Å². The summed E-state index contributed by atoms with van der Waals surface area (Å²) in [6.07, 6.45) is 0.594. The van der Waals surface area contributed by atoms with Crippen LogP contribution in [0.5, 0.6) is 0 Å². The first-order valence-corrected chi connectivity index (χ1v) is 4.02. The molecule has 0 spiro atoms. The fraction of sp³-hybridized carbons (Fsp3) is 0.100. The van der Waals surface area contributed by atoms with Crippen LogP contribution < -0.4 is 0 Å². The van der Waals surface area contributed by atoms with E-state index < -0.39 is 5.82 Å². The Morgan fingerprint density at radius 3 is 3.07 bits per heavy atom. The van der Waals surface area contributed by atoms with Crippen LogP contribution in [0.25, 0.3) is 10.4 Å². The molecule has 0 aliphatic rings. The van der Waals surface area contributed by atoms with Gasteiger partial charge in [0.05, 0.1) is 6.54 Å². The van der Waals surface area contributed by atoms with Crippen molar-refractivity contribution in [1.29, 1.82) is 0 Å². The highest BCUT2D eigenvalue weighted by atomic mass is 19.1. The van der Waals surface area contributed by atoms with E-state index in [0.29, 0.717) is 11.8 Å². The van der Waals surface area contributed by atoms with E-state index in [1.54, 1.807) is 0 Å². The fourth-order valence-corrected chi connectivity index (χ4v) is 0.941. The molecular formula is C10H6FN3O. The SMILES string of the molecule is [N-]=[N+]=NCC#Cc1cc(F)ccc1C=O. The van der Waals surface area contributed by atoms with Crippen LogP contribution in [-0.4, -0.2) is 12.8 Å². The largest absolute Gasteiger partial charge is 0.298 e. The normalized spacial score (nSPS) is 8.33. The minimum Gasteiger partial charge on any atom is -0.298 e. The number of nitrogens with zero attached hydrogens (tertiary/aromatic N) is 3. The molecule has 0 atom stereocenters. The van der Waals surface area contributed by atoms with Crippen LogP contribution in [0.4, 0.5) is 4.39 Å². The van der Waals surface area contributed by atoms with Gasteiger partial charge in [0, 0.05) is 16.0 Å². The third-order valence-corrected chi connectivity index (χ3v) is 1.58. The highest BCUT2D eigenvalue weighted by Crippen LogP contribution is 2.07. The van der Waals surface area contributed by atoms with Crippen molar-refractivity contribution in [3.05, 3.63) is 45.6 Å². The topological polar surface area (TPSA) is 65.8 Å². The molecule has 74 valence electrons. The smallest absolute Gasteiger partial charge is 0.151 e. The molecule has 0 aliphatic carbocycles. The Hall–Kier alpha value is -2.31. The summed E-state index contributed by atoms with van der Waals surface area (Å²) >= 11 is 0. The van der Waals surface area contributed by atoms with E-state index in [9.17, 15) is 9.18 Å². The molecule has 0 saturated carbocycles. The zero-order valence-electron chi connectivity index (χ0n) is 7.64. The average molecular weight is 203 g/mol. The lowest BCUT2D eigenvalue weighted by molar-refractivity contribution is 0.112. The van der Waals surface area contributed by atoms with E-state index in [4.69, 9.17) is 5.53 Å². The number of carbonyl (C=O) groups is 1. The first-order valence-electron chi connectivity index (χ1n) is 4.02. The molecule has 0 N–H and O–H groups in total. The van der Waals surface area contributed by atoms with Crippen LogP contribution in [0.2, 0.25) is 0 Å². The minimum atomic E-state index is -0.464. The van der Waals surface area contributed by atoms with Gasteiger partial charge >= 0.3 is 0 Å². The van der Waals surface area contributed by atoms with Gasteiger partial charge in [-0.2, -0.15) is 0 Å². The fourth-order valence-electron chi connectivity index (χ4n) is 0.941. The molecule has 0 fully saturated rings. The highest BCUT2D eigenvalue weighted by molar-refractivity contribution is 5.79. The first-order chi connectivity index (χ1) is 7.27. The predicted octanol–water partition coefficient (Wildman–Crippen LogP) is 2.30. The van der Waals surface area contributed by atoms with Crippen molar-refractivity contribution in [3.8, 4) is 11.8 Å². The van der Waals surface area contributed by atoms with E-state index in [1.165, 1.54) is 12.1 Å². The second-order valence-corrected chi connectivity index (χ2v) is 2.54. The quantitative estimate of drug-likeness (QED) is 0.239. The van der Waals surface area contributed by atoms with Gasteiger partial charge in [-0.1, -0.05) is 17.0 Å². The number of azide groups is 1. The van der Waals surface area contributed by atoms with Crippen LogP contribution in [-0.2, 0) is 0 Å². The summed E-state index contributed by atoms with van der Waals surface area (Å²) in [6, 6.07) is 3.69. The maximum absolute atomic E-state index is 12.8. The summed E-state index contributed by atoms with van der Waals surface area (Å²) in [4.78, 5) is 13.1. The Morgan fingerprint density at radius 1 is 1.60 bits per heavy atom. The monoisotopic (exact) mass is 203 g/mol. The molecule has 0 bridgehead atoms. The van der Waals surface area contributed by atoms with Crippen molar-refractivity contribution in [3.63, 3.8) is 0 Å². The van der Waals surface area contributed by atoms with Gasteiger partial charge in [-0.25, -0.2) is 4.39 Å². The summed E-state index contributed by atoms with van der Waals surface area (Å²) in [7, 11) is 0. The first kappa shape index (κ1) is 10.8. The Bertz CT molecular complexity index is 481. The number of rotatable bonds is 2. The molecule has 0 heterocycles. The molecule has 1 aromatic carbocycles. The molecule has 0 saturated heterocycles. The molecule has 4 nitrogen and oxygen atoms in total. The van der Waals surface area contributed by atoms with Crippen molar-refractivity contribution in [2.75, 3.05) is 6.54 Å². The third-order valence-electron chi connectivity index (χ3n) is 1.58. The van der Waals surface area contributed by atoms with Gasteiger partial charge in [0.25, 0.3) is 0 Å². The second-order valence-electron chi connectivity index (χ2n) is 2.54. The molecule has 0 aromatic heterocycles. The van der Waals surface area contributed by atoms with Crippen LogP contribution in [0.15, 0.2) is 23.3 Å². The van der Waals surface area contributed by atoms with Crippen molar-refractivity contribution in [2.24, 2.45) is 5.11 Å². The van der Waals surface area contributed by atoms with E-state index >= 15 is 0 Å². The number of hydrogen-bond acceptors (Lipinski definition) is 2. The number of hydrogen-bond donors (Lipinski definition) is 0. The number of halogens is 1. The summed E-state index contributed by atoms with van der Waals surface area (Å²) in [5.74, 6) is 4.60. The summed E-state index contributed by atoms with van der Waals surface area (Å²) in [5, 5.41) is 3.19. The van der Waals surface area contributed by atoms with Gasteiger partial charge in [-0.3, -0.25) is 4.79 Å². The molecule has 1 rings (SSSR count). The third kappa shape index (κ3) is 3.14. The Morgan fingerprint density at radius 2 is 2.40 bits per heavy atom. The zero-order valence-corrected chi connectivity index (χ0v) is 7.64. The van der Waals surface area contributed by atoms with Gasteiger partial charge in [-0.15, -0.1) is 0 Å². The van der Waals surface area contributed by atoms with Gasteiger partial charge in [0.15, 0.2) is 6.29 Å². The van der Waals surface area contributed by atoms with Gasteiger partial charge in [-0.05, 0) is 23.7 Å². The Kier molecular flexibility index (Phi) is 3.90. The molecular weight excluding hydrogens is 197 g/mol. The van der Waals surface area contributed by atoms with E-state index in [0.717, 1.165) is 6.07 Å². The molecule has 0 amide bonds. The standard InChI is InChI=1S/C10H6FN3O/c11-10-4-3-9(7-15)8(6-10)2-1-5-13-14-12/h3-4,6-7H,5H2. The maximum atomic E-state index is 12.8. The lowest BCUT2D eigenvalue weighted by atomic mass is 10.1. The van der Waals surface area contributed by atoms with Crippen LogP contribution in [0.1, 0.15) is 15.9 Å². The van der Waals surface area contributed by atoms with Crippen molar-refractivity contribution >= 4 is 6.29 Å². The van der Waals surface area contributed by atoms with Gasteiger partial charge in [0.1, 0.15) is 5.82 Å².